The third-order valence-electron chi connectivity index (χ3n) is 5.19. The predicted molar refractivity (Wildman–Crippen MR) is 85.7 cm³/mol. The fourth-order valence-corrected chi connectivity index (χ4v) is 4.88. The van der Waals surface area contributed by atoms with Crippen LogP contribution >= 0.6 is 0 Å². The lowest BCUT2D eigenvalue weighted by molar-refractivity contribution is 0.00880. The SMILES string of the molecule is CS(=O)(=O)N1C[C@@H]2CCN(Cc3cccc(F)c3)C[C@]2(CO)C1. The number of aliphatic hydroxyl groups excluding tert-OH is 1. The Balaban J connectivity index is 1.74. The maximum atomic E-state index is 13.3. The summed E-state index contributed by atoms with van der Waals surface area (Å²) in [6.45, 7) is 2.92. The van der Waals surface area contributed by atoms with Gasteiger partial charge in [0.15, 0.2) is 0 Å². The van der Waals surface area contributed by atoms with Crippen LogP contribution in [0.25, 0.3) is 0 Å². The summed E-state index contributed by atoms with van der Waals surface area (Å²) in [5, 5.41) is 9.96. The first-order valence-electron chi connectivity index (χ1n) is 7.85. The van der Waals surface area contributed by atoms with Gasteiger partial charge in [-0.2, -0.15) is 0 Å². The molecule has 1 N–H and O–H groups in total. The average Bonchev–Trinajstić information content (AvgIpc) is 2.87. The van der Waals surface area contributed by atoms with E-state index in [2.05, 4.69) is 4.90 Å². The summed E-state index contributed by atoms with van der Waals surface area (Å²) in [6.07, 6.45) is 2.07. The van der Waals surface area contributed by atoms with Crippen LogP contribution in [0.4, 0.5) is 4.39 Å². The standard InChI is InChI=1S/C16H23FN2O3S/c1-23(21,22)19-9-14-5-6-18(10-16(14,11-19)12-20)8-13-3-2-4-15(17)7-13/h2-4,7,14,20H,5-6,8-12H2,1H3/t14-,16+/m0/s1. The van der Waals surface area contributed by atoms with Crippen LogP contribution in [-0.2, 0) is 16.6 Å². The second kappa shape index (κ2) is 6.12. The van der Waals surface area contributed by atoms with Crippen LogP contribution in [0.5, 0.6) is 0 Å². The molecule has 5 nitrogen and oxygen atoms in total. The molecule has 2 heterocycles. The molecule has 1 aromatic rings. The van der Waals surface area contributed by atoms with E-state index in [4.69, 9.17) is 0 Å². The van der Waals surface area contributed by atoms with Gasteiger partial charge in [-0.25, -0.2) is 17.1 Å². The number of hydrogen-bond donors (Lipinski definition) is 1. The number of sulfonamides is 1. The van der Waals surface area contributed by atoms with E-state index in [0.717, 1.165) is 18.5 Å². The molecule has 3 rings (SSSR count). The Hall–Kier alpha value is -1.02. The van der Waals surface area contributed by atoms with E-state index in [-0.39, 0.29) is 18.3 Å². The van der Waals surface area contributed by atoms with Crippen LogP contribution in [0.2, 0.25) is 0 Å². The second-order valence-electron chi connectivity index (χ2n) is 6.90. The van der Waals surface area contributed by atoms with E-state index < -0.39 is 15.4 Å². The van der Waals surface area contributed by atoms with Crippen molar-refractivity contribution in [1.29, 1.82) is 0 Å². The van der Waals surface area contributed by atoms with Gasteiger partial charge in [-0.15, -0.1) is 0 Å². The highest BCUT2D eigenvalue weighted by Gasteiger charge is 2.51. The average molecular weight is 342 g/mol. The van der Waals surface area contributed by atoms with Gasteiger partial charge in [-0.05, 0) is 36.6 Å². The van der Waals surface area contributed by atoms with Gasteiger partial charge < -0.3 is 5.11 Å². The minimum Gasteiger partial charge on any atom is -0.396 e. The van der Waals surface area contributed by atoms with E-state index in [9.17, 15) is 17.9 Å². The third kappa shape index (κ3) is 3.42. The molecule has 23 heavy (non-hydrogen) atoms. The molecule has 1 aromatic carbocycles. The number of likely N-dealkylation sites (tertiary alicyclic amines) is 1. The minimum atomic E-state index is -3.24. The van der Waals surface area contributed by atoms with Gasteiger partial charge in [0.05, 0.1) is 12.9 Å². The minimum absolute atomic E-state index is 0.0245. The molecule has 0 saturated carbocycles. The quantitative estimate of drug-likeness (QED) is 0.883. The molecule has 128 valence electrons. The van der Waals surface area contributed by atoms with Crippen molar-refractivity contribution < 1.29 is 17.9 Å². The zero-order valence-corrected chi connectivity index (χ0v) is 14.1. The predicted octanol–water partition coefficient (Wildman–Crippen LogP) is 0.901. The van der Waals surface area contributed by atoms with Crippen molar-refractivity contribution in [2.24, 2.45) is 11.3 Å². The number of rotatable bonds is 4. The topological polar surface area (TPSA) is 60.9 Å². The molecule has 0 radical (unpaired) electrons. The summed E-state index contributed by atoms with van der Waals surface area (Å²) in [6, 6.07) is 6.53. The van der Waals surface area contributed by atoms with Gasteiger partial charge in [-0.1, -0.05) is 12.1 Å². The van der Waals surface area contributed by atoms with Crippen LogP contribution < -0.4 is 0 Å². The van der Waals surface area contributed by atoms with E-state index in [1.165, 1.54) is 22.7 Å². The van der Waals surface area contributed by atoms with Gasteiger partial charge in [-0.3, -0.25) is 4.90 Å². The monoisotopic (exact) mass is 342 g/mol. The fraction of sp³-hybridized carbons (Fsp3) is 0.625. The number of benzene rings is 1. The molecule has 2 aliphatic heterocycles. The van der Waals surface area contributed by atoms with Crippen molar-refractivity contribution in [2.75, 3.05) is 39.0 Å². The zero-order valence-electron chi connectivity index (χ0n) is 13.3. The molecule has 0 aromatic heterocycles. The largest absolute Gasteiger partial charge is 0.396 e. The first kappa shape index (κ1) is 16.8. The summed E-state index contributed by atoms with van der Waals surface area (Å²) >= 11 is 0. The number of nitrogens with zero attached hydrogens (tertiary/aromatic N) is 2. The third-order valence-corrected chi connectivity index (χ3v) is 6.41. The maximum Gasteiger partial charge on any atom is 0.211 e. The maximum absolute atomic E-state index is 13.3. The number of hydrogen-bond acceptors (Lipinski definition) is 4. The van der Waals surface area contributed by atoms with E-state index in [1.807, 2.05) is 6.07 Å². The summed E-state index contributed by atoms with van der Waals surface area (Å²) in [4.78, 5) is 2.19. The van der Waals surface area contributed by atoms with Gasteiger partial charge in [0.1, 0.15) is 5.82 Å². The van der Waals surface area contributed by atoms with Crippen molar-refractivity contribution in [1.82, 2.24) is 9.21 Å². The molecule has 7 heteroatoms. The summed E-state index contributed by atoms with van der Waals surface area (Å²) in [7, 11) is -3.24. The highest BCUT2D eigenvalue weighted by molar-refractivity contribution is 7.88. The van der Waals surface area contributed by atoms with Crippen molar-refractivity contribution in [3.8, 4) is 0 Å². The van der Waals surface area contributed by atoms with Crippen LogP contribution in [0, 0.1) is 17.2 Å². The Labute approximate surface area is 136 Å². The second-order valence-corrected chi connectivity index (χ2v) is 8.88. The highest BCUT2D eigenvalue weighted by atomic mass is 32.2. The Morgan fingerprint density at radius 2 is 2.17 bits per heavy atom. The van der Waals surface area contributed by atoms with Gasteiger partial charge in [0, 0.05) is 31.6 Å². The van der Waals surface area contributed by atoms with Crippen LogP contribution in [-0.4, -0.2) is 61.8 Å². The van der Waals surface area contributed by atoms with Crippen LogP contribution in [0.1, 0.15) is 12.0 Å². The van der Waals surface area contributed by atoms with E-state index >= 15 is 0 Å². The lowest BCUT2D eigenvalue weighted by Crippen LogP contribution is -2.50. The lowest BCUT2D eigenvalue weighted by Gasteiger charge is -2.43. The molecule has 2 atom stereocenters. The number of fused-ring (bicyclic) bond motifs is 1. The highest BCUT2D eigenvalue weighted by Crippen LogP contribution is 2.42. The van der Waals surface area contributed by atoms with E-state index in [1.54, 1.807) is 6.07 Å². The first-order chi connectivity index (χ1) is 10.8. The molecular formula is C16H23FN2O3S. The van der Waals surface area contributed by atoms with Crippen molar-refractivity contribution in [2.45, 2.75) is 13.0 Å². The molecule has 0 spiro atoms. The molecule has 0 bridgehead atoms. The molecule has 0 amide bonds. The Kier molecular flexibility index (Phi) is 4.48. The Bertz CT molecular complexity index is 682. The fourth-order valence-electron chi connectivity index (χ4n) is 3.93. The van der Waals surface area contributed by atoms with Crippen molar-refractivity contribution >= 4 is 10.0 Å². The van der Waals surface area contributed by atoms with Crippen LogP contribution in [0.15, 0.2) is 24.3 Å². The number of piperidine rings is 1. The van der Waals surface area contributed by atoms with Gasteiger partial charge in [0.2, 0.25) is 10.0 Å². The molecule has 2 saturated heterocycles. The summed E-state index contributed by atoms with van der Waals surface area (Å²) in [5.41, 5.74) is 0.490. The summed E-state index contributed by atoms with van der Waals surface area (Å²) in [5.74, 6) is -0.0654. The van der Waals surface area contributed by atoms with Gasteiger partial charge >= 0.3 is 0 Å². The number of aliphatic hydroxyl groups is 1. The van der Waals surface area contributed by atoms with E-state index in [0.29, 0.717) is 26.2 Å². The lowest BCUT2D eigenvalue weighted by atomic mass is 9.74. The van der Waals surface area contributed by atoms with Crippen molar-refractivity contribution in [3.63, 3.8) is 0 Å². The molecular weight excluding hydrogens is 319 g/mol. The summed E-state index contributed by atoms with van der Waals surface area (Å²) < 4.78 is 38.5. The zero-order chi connectivity index (χ0) is 16.7. The molecule has 0 aliphatic carbocycles. The molecule has 0 unspecified atom stereocenters. The normalized spacial score (nSPS) is 29.6. The Morgan fingerprint density at radius 1 is 1.39 bits per heavy atom. The smallest absolute Gasteiger partial charge is 0.211 e. The molecule has 2 fully saturated rings. The van der Waals surface area contributed by atoms with Crippen molar-refractivity contribution in [3.05, 3.63) is 35.6 Å². The Morgan fingerprint density at radius 3 is 2.83 bits per heavy atom. The first-order valence-corrected chi connectivity index (χ1v) is 9.70. The number of halogens is 1. The van der Waals surface area contributed by atoms with Crippen LogP contribution in [0.3, 0.4) is 0 Å². The van der Waals surface area contributed by atoms with Gasteiger partial charge in [0.25, 0.3) is 0 Å². The molecule has 2 aliphatic rings.